The van der Waals surface area contributed by atoms with E-state index in [1.54, 1.807) is 6.20 Å². The van der Waals surface area contributed by atoms with Crippen molar-refractivity contribution in [2.24, 2.45) is 5.73 Å². The van der Waals surface area contributed by atoms with Gasteiger partial charge in [0.1, 0.15) is 11.5 Å². The average molecular weight is 262 g/mol. The van der Waals surface area contributed by atoms with Crippen LogP contribution in [0.3, 0.4) is 0 Å². The van der Waals surface area contributed by atoms with Crippen LogP contribution in [0.1, 0.15) is 31.0 Å². The van der Waals surface area contributed by atoms with Crippen LogP contribution in [0.25, 0.3) is 0 Å². The fraction of sp³-hybridized carbons (Fsp3) is 0.571. The first-order chi connectivity index (χ1) is 9.20. The highest BCUT2D eigenvalue weighted by Gasteiger charge is 2.19. The van der Waals surface area contributed by atoms with E-state index in [1.807, 2.05) is 12.1 Å². The van der Waals surface area contributed by atoms with Gasteiger partial charge in [0.15, 0.2) is 0 Å². The van der Waals surface area contributed by atoms with E-state index in [0.717, 1.165) is 44.6 Å². The predicted molar refractivity (Wildman–Crippen MR) is 75.2 cm³/mol. The van der Waals surface area contributed by atoms with Gasteiger partial charge in [-0.15, -0.1) is 0 Å². The lowest BCUT2D eigenvalue weighted by molar-refractivity contribution is 0.0724. The Bertz CT molecular complexity index is 429. The van der Waals surface area contributed by atoms with Crippen molar-refractivity contribution < 1.29 is 4.74 Å². The third-order valence-electron chi connectivity index (χ3n) is 3.47. The van der Waals surface area contributed by atoms with E-state index in [1.165, 1.54) is 0 Å². The number of nitrogens with two attached hydrogens (primary N) is 1. The van der Waals surface area contributed by atoms with E-state index in [4.69, 9.17) is 15.9 Å². The van der Waals surface area contributed by atoms with Crippen LogP contribution in [-0.2, 0) is 11.3 Å². The van der Waals surface area contributed by atoms with E-state index in [-0.39, 0.29) is 5.84 Å². The zero-order valence-corrected chi connectivity index (χ0v) is 11.4. The van der Waals surface area contributed by atoms with Crippen LogP contribution in [-0.4, -0.2) is 41.5 Å². The van der Waals surface area contributed by atoms with E-state index in [2.05, 4.69) is 16.8 Å². The monoisotopic (exact) mass is 262 g/mol. The molecule has 0 radical (unpaired) electrons. The largest absolute Gasteiger partial charge is 0.382 e. The fourth-order valence-electron chi connectivity index (χ4n) is 2.43. The Morgan fingerprint density at radius 3 is 3.11 bits per heavy atom. The Morgan fingerprint density at radius 2 is 2.47 bits per heavy atom. The molecule has 0 amide bonds. The topological polar surface area (TPSA) is 75.2 Å². The van der Waals surface area contributed by atoms with Crippen molar-refractivity contribution in [1.29, 1.82) is 5.41 Å². The Labute approximate surface area is 114 Å². The minimum Gasteiger partial charge on any atom is -0.382 e. The molecule has 1 atom stereocenters. The van der Waals surface area contributed by atoms with Crippen molar-refractivity contribution in [2.75, 3.05) is 19.7 Å². The lowest BCUT2D eigenvalue weighted by Crippen LogP contribution is -2.32. The van der Waals surface area contributed by atoms with Gasteiger partial charge < -0.3 is 10.5 Å². The zero-order chi connectivity index (χ0) is 13.7. The van der Waals surface area contributed by atoms with Gasteiger partial charge in [0.2, 0.25) is 0 Å². The Balaban J connectivity index is 2.03. The molecule has 2 heterocycles. The number of rotatable bonds is 6. The van der Waals surface area contributed by atoms with Gasteiger partial charge >= 0.3 is 0 Å². The predicted octanol–water partition coefficient (Wildman–Crippen LogP) is 1.37. The number of likely N-dealkylation sites (N-methyl/N-ethyl adjacent to an activating group) is 1. The molecule has 0 bridgehead atoms. The molecule has 1 aliphatic heterocycles. The van der Waals surface area contributed by atoms with Gasteiger partial charge in [-0.1, -0.05) is 13.0 Å². The Kier molecular flexibility index (Phi) is 4.87. The van der Waals surface area contributed by atoms with Crippen LogP contribution in [0.5, 0.6) is 0 Å². The van der Waals surface area contributed by atoms with Gasteiger partial charge in [0.25, 0.3) is 0 Å². The van der Waals surface area contributed by atoms with Crippen molar-refractivity contribution in [3.05, 3.63) is 29.6 Å². The van der Waals surface area contributed by atoms with Crippen LogP contribution in [0.2, 0.25) is 0 Å². The van der Waals surface area contributed by atoms with Crippen molar-refractivity contribution >= 4 is 5.84 Å². The number of ether oxygens (including phenoxy) is 1. The van der Waals surface area contributed by atoms with Crippen molar-refractivity contribution in [2.45, 2.75) is 32.4 Å². The summed E-state index contributed by atoms with van der Waals surface area (Å²) in [6.07, 6.45) is 4.32. The third kappa shape index (κ3) is 3.75. The number of nitrogens with zero attached hydrogens (tertiary/aromatic N) is 2. The van der Waals surface area contributed by atoms with E-state index < -0.39 is 0 Å². The molecule has 2 rings (SSSR count). The number of hydrogen-bond donors (Lipinski definition) is 2. The average Bonchev–Trinajstić information content (AvgIpc) is 2.91. The quantitative estimate of drug-likeness (QED) is 0.599. The third-order valence-corrected chi connectivity index (χ3v) is 3.47. The summed E-state index contributed by atoms with van der Waals surface area (Å²) in [7, 11) is 0. The molecule has 1 unspecified atom stereocenters. The summed E-state index contributed by atoms with van der Waals surface area (Å²) < 4.78 is 5.68. The summed E-state index contributed by atoms with van der Waals surface area (Å²) in [6.45, 7) is 5.67. The Morgan fingerprint density at radius 1 is 1.63 bits per heavy atom. The number of hydrogen-bond acceptors (Lipinski definition) is 4. The fourth-order valence-corrected chi connectivity index (χ4v) is 2.43. The number of nitrogen functional groups attached to an aromatic ring is 1. The second-order valence-electron chi connectivity index (χ2n) is 4.89. The molecule has 104 valence electrons. The van der Waals surface area contributed by atoms with Gasteiger partial charge in [-0.25, -0.2) is 0 Å². The van der Waals surface area contributed by atoms with E-state index in [0.29, 0.717) is 11.8 Å². The van der Waals surface area contributed by atoms with Crippen LogP contribution in [0.15, 0.2) is 18.3 Å². The molecule has 0 saturated carbocycles. The lowest BCUT2D eigenvalue weighted by atomic mass is 10.1. The van der Waals surface area contributed by atoms with Gasteiger partial charge in [-0.3, -0.25) is 15.3 Å². The molecule has 1 aromatic heterocycles. The van der Waals surface area contributed by atoms with Gasteiger partial charge in [-0.05, 0) is 31.0 Å². The molecule has 0 aromatic carbocycles. The normalized spacial score (nSPS) is 18.9. The van der Waals surface area contributed by atoms with Gasteiger partial charge in [0, 0.05) is 25.9 Å². The maximum atomic E-state index is 7.57. The summed E-state index contributed by atoms with van der Waals surface area (Å²) in [6, 6.07) is 3.88. The van der Waals surface area contributed by atoms with Crippen LogP contribution in [0.4, 0.5) is 0 Å². The lowest BCUT2D eigenvalue weighted by Gasteiger charge is -2.24. The summed E-state index contributed by atoms with van der Waals surface area (Å²) in [4.78, 5) is 6.51. The SMILES string of the molecule is CCN(Cc1cccnc1C(=N)N)CC1CCCO1. The molecule has 19 heavy (non-hydrogen) atoms. The highest BCUT2D eigenvalue weighted by atomic mass is 16.5. The van der Waals surface area contributed by atoms with Crippen LogP contribution < -0.4 is 5.73 Å². The number of nitrogens with one attached hydrogen (secondary N) is 1. The first-order valence-corrected chi connectivity index (χ1v) is 6.83. The van der Waals surface area contributed by atoms with E-state index in [9.17, 15) is 0 Å². The standard InChI is InChI=1S/C14H22N4O/c1-2-18(10-12-6-4-8-19-12)9-11-5-3-7-17-13(11)14(15)16/h3,5,7,12H,2,4,6,8-10H2,1H3,(H3,15,16). The van der Waals surface area contributed by atoms with Crippen LogP contribution >= 0.6 is 0 Å². The number of amidine groups is 1. The number of pyridine rings is 1. The molecule has 5 heteroatoms. The second-order valence-corrected chi connectivity index (χ2v) is 4.89. The van der Waals surface area contributed by atoms with Crippen molar-refractivity contribution in [3.63, 3.8) is 0 Å². The van der Waals surface area contributed by atoms with Crippen LogP contribution in [0, 0.1) is 5.41 Å². The first kappa shape index (κ1) is 14.0. The summed E-state index contributed by atoms with van der Waals surface area (Å²) in [5.74, 6) is 0.0313. The molecular weight excluding hydrogens is 240 g/mol. The van der Waals surface area contributed by atoms with Gasteiger partial charge in [-0.2, -0.15) is 0 Å². The molecule has 1 saturated heterocycles. The molecular formula is C14H22N4O. The molecule has 1 fully saturated rings. The smallest absolute Gasteiger partial charge is 0.142 e. The maximum Gasteiger partial charge on any atom is 0.142 e. The summed E-state index contributed by atoms with van der Waals surface area (Å²) in [5, 5.41) is 7.57. The minimum absolute atomic E-state index is 0.0313. The molecule has 1 aliphatic rings. The Hall–Kier alpha value is -1.46. The highest BCUT2D eigenvalue weighted by Crippen LogP contribution is 2.15. The van der Waals surface area contributed by atoms with Crippen molar-refractivity contribution in [3.8, 4) is 0 Å². The molecule has 0 spiro atoms. The highest BCUT2D eigenvalue weighted by molar-refractivity contribution is 5.94. The van der Waals surface area contributed by atoms with Crippen molar-refractivity contribution in [1.82, 2.24) is 9.88 Å². The molecule has 5 nitrogen and oxygen atoms in total. The first-order valence-electron chi connectivity index (χ1n) is 6.83. The summed E-state index contributed by atoms with van der Waals surface area (Å²) >= 11 is 0. The molecule has 3 N–H and O–H groups in total. The van der Waals surface area contributed by atoms with Gasteiger partial charge in [0.05, 0.1) is 6.10 Å². The zero-order valence-electron chi connectivity index (χ0n) is 11.4. The molecule has 0 aliphatic carbocycles. The number of aromatic nitrogens is 1. The maximum absolute atomic E-state index is 7.57. The minimum atomic E-state index is 0.0313. The molecule has 1 aromatic rings. The summed E-state index contributed by atoms with van der Waals surface area (Å²) in [5.41, 5.74) is 7.17. The van der Waals surface area contributed by atoms with E-state index >= 15 is 0 Å². The second kappa shape index (κ2) is 6.63.